The Hall–Kier alpha value is -3.60. The van der Waals surface area contributed by atoms with E-state index >= 15 is 0 Å². The molecule has 2 amide bonds. The van der Waals surface area contributed by atoms with Crippen LogP contribution in [0.4, 0.5) is 11.4 Å². The van der Waals surface area contributed by atoms with Crippen LogP contribution in [0.15, 0.2) is 78.9 Å². The van der Waals surface area contributed by atoms with Gasteiger partial charge in [0.15, 0.2) is 6.61 Å². The summed E-state index contributed by atoms with van der Waals surface area (Å²) in [5, 5.41) is 2.83. The zero-order valence-corrected chi connectivity index (χ0v) is 18.9. The number of nitrogens with zero attached hydrogens (tertiary/aromatic N) is 1. The van der Waals surface area contributed by atoms with Gasteiger partial charge in [0.25, 0.3) is 11.8 Å². The Balaban J connectivity index is 1.66. The van der Waals surface area contributed by atoms with Gasteiger partial charge in [-0.25, -0.2) is 0 Å². The lowest BCUT2D eigenvalue weighted by atomic mass is 9.98. The molecule has 0 aliphatic heterocycles. The highest BCUT2D eigenvalue weighted by molar-refractivity contribution is 6.07. The first-order valence-corrected chi connectivity index (χ1v) is 11.0. The summed E-state index contributed by atoms with van der Waals surface area (Å²) in [4.78, 5) is 27.2. The van der Waals surface area contributed by atoms with Gasteiger partial charge >= 0.3 is 0 Å². The van der Waals surface area contributed by atoms with E-state index in [-0.39, 0.29) is 18.4 Å². The molecule has 0 fully saturated rings. The Morgan fingerprint density at radius 1 is 0.938 bits per heavy atom. The van der Waals surface area contributed by atoms with Gasteiger partial charge < -0.3 is 15.0 Å². The maximum absolute atomic E-state index is 13.0. The van der Waals surface area contributed by atoms with Crippen molar-refractivity contribution in [2.75, 3.05) is 23.4 Å². The monoisotopic (exact) mass is 430 g/mol. The molecule has 3 aromatic rings. The number of hydrogen-bond acceptors (Lipinski definition) is 3. The second-order valence-electron chi connectivity index (χ2n) is 7.65. The molecule has 0 saturated heterocycles. The molecule has 1 N–H and O–H groups in total. The van der Waals surface area contributed by atoms with Crippen LogP contribution in [0.2, 0.25) is 0 Å². The highest BCUT2D eigenvalue weighted by Crippen LogP contribution is 2.28. The molecule has 0 aromatic heterocycles. The molecule has 0 radical (unpaired) electrons. The van der Waals surface area contributed by atoms with Gasteiger partial charge in [0, 0.05) is 23.5 Å². The molecule has 3 rings (SSSR count). The van der Waals surface area contributed by atoms with Crippen LogP contribution in [0.5, 0.6) is 5.75 Å². The molecule has 5 heteroatoms. The Morgan fingerprint density at radius 2 is 1.66 bits per heavy atom. The molecular formula is C27H30N2O3. The van der Waals surface area contributed by atoms with E-state index in [1.54, 1.807) is 29.2 Å². The summed E-state index contributed by atoms with van der Waals surface area (Å²) in [5.41, 5.74) is 3.00. The summed E-state index contributed by atoms with van der Waals surface area (Å²) in [7, 11) is 0. The molecule has 0 bridgehead atoms. The van der Waals surface area contributed by atoms with E-state index in [4.69, 9.17) is 4.74 Å². The Kier molecular flexibility index (Phi) is 8.03. The molecule has 0 saturated carbocycles. The largest absolute Gasteiger partial charge is 0.483 e. The smallest absolute Gasteiger partial charge is 0.262 e. The molecule has 0 spiro atoms. The second-order valence-corrected chi connectivity index (χ2v) is 7.65. The number of ether oxygens (including phenoxy) is 1. The van der Waals surface area contributed by atoms with E-state index in [1.165, 1.54) is 0 Å². The van der Waals surface area contributed by atoms with Gasteiger partial charge in [-0.1, -0.05) is 56.3 Å². The van der Waals surface area contributed by atoms with Gasteiger partial charge in [-0.3, -0.25) is 9.59 Å². The lowest BCUT2D eigenvalue weighted by Gasteiger charge is -2.21. The standard InChI is InChI=1S/C27H30N2O3/c1-4-20(3)24-16-9-10-17-25(24)32-19-26(30)28-22-13-11-12-21(18-22)27(31)29(5-2)23-14-7-6-8-15-23/h6-18,20H,4-5,19H2,1-3H3,(H,28,30). The highest BCUT2D eigenvalue weighted by Gasteiger charge is 2.17. The minimum absolute atomic E-state index is 0.100. The average molecular weight is 431 g/mol. The van der Waals surface area contributed by atoms with Crippen LogP contribution in [0.3, 0.4) is 0 Å². The maximum Gasteiger partial charge on any atom is 0.262 e. The van der Waals surface area contributed by atoms with Gasteiger partial charge in [0.2, 0.25) is 0 Å². The third-order valence-electron chi connectivity index (χ3n) is 5.44. The molecule has 32 heavy (non-hydrogen) atoms. The average Bonchev–Trinajstić information content (AvgIpc) is 2.83. The van der Waals surface area contributed by atoms with E-state index < -0.39 is 0 Å². The summed E-state index contributed by atoms with van der Waals surface area (Å²) >= 11 is 0. The molecule has 1 unspecified atom stereocenters. The zero-order chi connectivity index (χ0) is 22.9. The Labute approximate surface area is 190 Å². The van der Waals surface area contributed by atoms with E-state index in [9.17, 15) is 9.59 Å². The van der Waals surface area contributed by atoms with E-state index in [0.29, 0.717) is 23.7 Å². The Bertz CT molecular complexity index is 1050. The summed E-state index contributed by atoms with van der Waals surface area (Å²) < 4.78 is 5.80. The van der Waals surface area contributed by atoms with Crippen LogP contribution >= 0.6 is 0 Å². The first kappa shape index (κ1) is 23.1. The number of hydrogen-bond donors (Lipinski definition) is 1. The zero-order valence-electron chi connectivity index (χ0n) is 18.9. The first-order valence-electron chi connectivity index (χ1n) is 11.0. The molecule has 1 atom stereocenters. The van der Waals surface area contributed by atoms with Crippen molar-refractivity contribution in [3.63, 3.8) is 0 Å². The predicted octanol–water partition coefficient (Wildman–Crippen LogP) is 5.88. The SMILES string of the molecule is CCC(C)c1ccccc1OCC(=O)Nc1cccc(C(=O)N(CC)c2ccccc2)c1. The number of rotatable bonds is 9. The second kappa shape index (κ2) is 11.1. The van der Waals surface area contributed by atoms with Gasteiger partial charge in [-0.05, 0) is 61.2 Å². The first-order chi connectivity index (χ1) is 15.5. The van der Waals surface area contributed by atoms with Gasteiger partial charge in [-0.2, -0.15) is 0 Å². The number of benzene rings is 3. The van der Waals surface area contributed by atoms with E-state index in [2.05, 4.69) is 19.2 Å². The third-order valence-corrected chi connectivity index (χ3v) is 5.44. The van der Waals surface area contributed by atoms with Crippen molar-refractivity contribution in [3.8, 4) is 5.75 Å². The fourth-order valence-corrected chi connectivity index (χ4v) is 3.52. The fourth-order valence-electron chi connectivity index (χ4n) is 3.52. The van der Waals surface area contributed by atoms with Crippen molar-refractivity contribution in [2.24, 2.45) is 0 Å². The lowest BCUT2D eigenvalue weighted by molar-refractivity contribution is -0.118. The number of carbonyl (C=O) groups excluding carboxylic acids is 2. The topological polar surface area (TPSA) is 58.6 Å². The van der Waals surface area contributed by atoms with Crippen LogP contribution in [-0.2, 0) is 4.79 Å². The number of para-hydroxylation sites is 2. The minimum Gasteiger partial charge on any atom is -0.483 e. The van der Waals surface area contributed by atoms with Crippen LogP contribution in [0, 0.1) is 0 Å². The van der Waals surface area contributed by atoms with Gasteiger partial charge in [0.05, 0.1) is 0 Å². The molecule has 0 aliphatic carbocycles. The summed E-state index contributed by atoms with van der Waals surface area (Å²) in [6, 6.07) is 24.3. The maximum atomic E-state index is 13.0. The van der Waals surface area contributed by atoms with Crippen LogP contribution < -0.4 is 15.0 Å². The lowest BCUT2D eigenvalue weighted by Crippen LogP contribution is -2.30. The van der Waals surface area contributed by atoms with Crippen LogP contribution in [0.1, 0.15) is 49.0 Å². The van der Waals surface area contributed by atoms with E-state index in [0.717, 1.165) is 23.4 Å². The van der Waals surface area contributed by atoms with Gasteiger partial charge in [0.1, 0.15) is 5.75 Å². The van der Waals surface area contributed by atoms with Gasteiger partial charge in [-0.15, -0.1) is 0 Å². The number of carbonyl (C=O) groups is 2. The number of amides is 2. The predicted molar refractivity (Wildman–Crippen MR) is 130 cm³/mol. The normalized spacial score (nSPS) is 11.5. The molecule has 0 heterocycles. The third kappa shape index (κ3) is 5.76. The van der Waals surface area contributed by atoms with Crippen molar-refractivity contribution < 1.29 is 14.3 Å². The molecule has 5 nitrogen and oxygen atoms in total. The molecule has 0 aliphatic rings. The molecule has 3 aromatic carbocycles. The van der Waals surface area contributed by atoms with E-state index in [1.807, 2.05) is 61.5 Å². The fraction of sp³-hybridized carbons (Fsp3) is 0.259. The van der Waals surface area contributed by atoms with Crippen LogP contribution in [-0.4, -0.2) is 25.0 Å². The highest BCUT2D eigenvalue weighted by atomic mass is 16.5. The summed E-state index contributed by atoms with van der Waals surface area (Å²) in [6.45, 7) is 6.64. The molecule has 166 valence electrons. The Morgan fingerprint density at radius 3 is 2.38 bits per heavy atom. The molecular weight excluding hydrogens is 400 g/mol. The van der Waals surface area contributed by atoms with Crippen molar-refractivity contribution in [1.82, 2.24) is 0 Å². The number of anilines is 2. The number of nitrogens with one attached hydrogen (secondary N) is 1. The van der Waals surface area contributed by atoms with Crippen molar-refractivity contribution >= 4 is 23.2 Å². The van der Waals surface area contributed by atoms with Crippen molar-refractivity contribution in [2.45, 2.75) is 33.1 Å². The minimum atomic E-state index is -0.274. The van der Waals surface area contributed by atoms with Crippen LogP contribution in [0.25, 0.3) is 0 Å². The van der Waals surface area contributed by atoms with Crippen molar-refractivity contribution in [1.29, 1.82) is 0 Å². The summed E-state index contributed by atoms with van der Waals surface area (Å²) in [6.07, 6.45) is 0.991. The summed E-state index contributed by atoms with van der Waals surface area (Å²) in [5.74, 6) is 0.683. The van der Waals surface area contributed by atoms with Crippen molar-refractivity contribution in [3.05, 3.63) is 90.0 Å². The quantitative estimate of drug-likeness (QED) is 0.461.